The smallest absolute Gasteiger partial charge is 0.0840 e. The van der Waals surface area contributed by atoms with Crippen LogP contribution >= 0.6 is 11.6 Å². The Balaban J connectivity index is 1.52. The minimum absolute atomic E-state index is 0.0737. The molecule has 3 nitrogen and oxygen atoms in total. The van der Waals surface area contributed by atoms with Gasteiger partial charge in [-0.2, -0.15) is 0 Å². The Kier molecular flexibility index (Phi) is 4.08. The van der Waals surface area contributed by atoms with Crippen LogP contribution < -0.4 is 5.32 Å². The van der Waals surface area contributed by atoms with Crippen molar-refractivity contribution < 1.29 is 9.47 Å². The molecule has 2 aliphatic rings. The van der Waals surface area contributed by atoms with E-state index < -0.39 is 0 Å². The van der Waals surface area contributed by atoms with Crippen molar-refractivity contribution in [3.8, 4) is 0 Å². The largest absolute Gasteiger partial charge is 0.372 e. The maximum absolute atomic E-state index is 6.02. The molecular weight excluding hydrogens is 262 g/mol. The summed E-state index contributed by atoms with van der Waals surface area (Å²) in [4.78, 5) is 0. The molecule has 2 aliphatic heterocycles. The van der Waals surface area contributed by atoms with E-state index >= 15 is 0 Å². The highest BCUT2D eigenvalue weighted by Crippen LogP contribution is 2.35. The zero-order chi connectivity index (χ0) is 13.1. The van der Waals surface area contributed by atoms with Crippen molar-refractivity contribution in [2.24, 2.45) is 0 Å². The van der Waals surface area contributed by atoms with Crippen LogP contribution in [0.2, 0.25) is 5.02 Å². The molecule has 0 amide bonds. The maximum Gasteiger partial charge on any atom is 0.0840 e. The summed E-state index contributed by atoms with van der Waals surface area (Å²) in [6.45, 7) is 3.45. The van der Waals surface area contributed by atoms with E-state index in [0.29, 0.717) is 6.61 Å². The molecule has 1 spiro atoms. The molecule has 4 heteroatoms. The van der Waals surface area contributed by atoms with Crippen LogP contribution in [0.5, 0.6) is 0 Å². The van der Waals surface area contributed by atoms with Gasteiger partial charge in [0.15, 0.2) is 0 Å². The number of ether oxygens (including phenoxy) is 2. The van der Waals surface area contributed by atoms with E-state index in [1.807, 2.05) is 24.3 Å². The number of halogens is 1. The van der Waals surface area contributed by atoms with Crippen molar-refractivity contribution in [2.45, 2.75) is 37.6 Å². The minimum atomic E-state index is 0.0737. The van der Waals surface area contributed by atoms with Crippen LogP contribution in [0, 0.1) is 0 Å². The third kappa shape index (κ3) is 3.29. The summed E-state index contributed by atoms with van der Waals surface area (Å²) in [5.74, 6) is 0. The van der Waals surface area contributed by atoms with E-state index in [-0.39, 0.29) is 11.7 Å². The number of hydrogen-bond acceptors (Lipinski definition) is 3. The topological polar surface area (TPSA) is 30.5 Å². The third-order valence-corrected chi connectivity index (χ3v) is 4.30. The Morgan fingerprint density at radius 3 is 3.00 bits per heavy atom. The van der Waals surface area contributed by atoms with Crippen LogP contribution in [-0.4, -0.2) is 31.4 Å². The van der Waals surface area contributed by atoms with Gasteiger partial charge in [0, 0.05) is 11.4 Å². The molecule has 1 atom stereocenters. The molecular formula is C15H20ClNO2. The Hall–Kier alpha value is -0.610. The molecule has 19 heavy (non-hydrogen) atoms. The van der Waals surface area contributed by atoms with Gasteiger partial charge in [-0.15, -0.1) is 0 Å². The first-order valence-corrected chi connectivity index (χ1v) is 7.34. The number of rotatable bonds is 3. The first-order valence-electron chi connectivity index (χ1n) is 6.97. The zero-order valence-corrected chi connectivity index (χ0v) is 11.8. The van der Waals surface area contributed by atoms with Crippen molar-refractivity contribution in [1.82, 2.24) is 5.32 Å². The molecule has 3 rings (SSSR count). The predicted octanol–water partition coefficient (Wildman–Crippen LogP) is 2.77. The quantitative estimate of drug-likeness (QED) is 0.924. The highest BCUT2D eigenvalue weighted by molar-refractivity contribution is 6.30. The van der Waals surface area contributed by atoms with E-state index in [4.69, 9.17) is 21.1 Å². The predicted molar refractivity (Wildman–Crippen MR) is 75.4 cm³/mol. The van der Waals surface area contributed by atoms with Crippen LogP contribution in [0.1, 0.15) is 24.8 Å². The number of benzene rings is 1. The van der Waals surface area contributed by atoms with Gasteiger partial charge in [-0.3, -0.25) is 0 Å². The SMILES string of the molecule is Clc1cccc(COC2COC3(CCNCC3)C2)c1. The summed E-state index contributed by atoms with van der Waals surface area (Å²) >= 11 is 5.97. The molecule has 2 heterocycles. The van der Waals surface area contributed by atoms with E-state index in [1.165, 1.54) is 0 Å². The van der Waals surface area contributed by atoms with Crippen molar-refractivity contribution in [2.75, 3.05) is 19.7 Å². The van der Waals surface area contributed by atoms with Crippen LogP contribution in [-0.2, 0) is 16.1 Å². The van der Waals surface area contributed by atoms with Gasteiger partial charge in [0.2, 0.25) is 0 Å². The fourth-order valence-electron chi connectivity index (χ4n) is 2.98. The molecule has 2 saturated heterocycles. The van der Waals surface area contributed by atoms with Gasteiger partial charge in [-0.1, -0.05) is 23.7 Å². The Morgan fingerprint density at radius 2 is 2.21 bits per heavy atom. The van der Waals surface area contributed by atoms with E-state index in [0.717, 1.165) is 49.5 Å². The summed E-state index contributed by atoms with van der Waals surface area (Å²) in [5, 5.41) is 4.14. The van der Waals surface area contributed by atoms with E-state index in [1.54, 1.807) is 0 Å². The average molecular weight is 282 g/mol. The number of nitrogens with one attached hydrogen (secondary N) is 1. The molecule has 2 fully saturated rings. The van der Waals surface area contributed by atoms with Gasteiger partial charge in [-0.05, 0) is 43.6 Å². The molecule has 104 valence electrons. The van der Waals surface area contributed by atoms with Gasteiger partial charge in [0.1, 0.15) is 0 Å². The van der Waals surface area contributed by atoms with Crippen LogP contribution in [0.25, 0.3) is 0 Å². The van der Waals surface area contributed by atoms with Crippen molar-refractivity contribution in [3.05, 3.63) is 34.9 Å². The Morgan fingerprint density at radius 1 is 1.37 bits per heavy atom. The Labute approximate surface area is 119 Å². The van der Waals surface area contributed by atoms with E-state index in [9.17, 15) is 0 Å². The summed E-state index contributed by atoms with van der Waals surface area (Å²) in [6, 6.07) is 7.84. The standard InChI is InChI=1S/C15H20ClNO2/c16-13-3-1-2-12(8-13)10-18-14-9-15(19-11-14)4-6-17-7-5-15/h1-3,8,14,17H,4-7,9-11H2. The molecule has 0 radical (unpaired) electrons. The monoisotopic (exact) mass is 281 g/mol. The molecule has 0 aromatic heterocycles. The van der Waals surface area contributed by atoms with Crippen LogP contribution in [0.3, 0.4) is 0 Å². The lowest BCUT2D eigenvalue weighted by atomic mass is 9.89. The fourth-order valence-corrected chi connectivity index (χ4v) is 3.19. The molecule has 1 N–H and O–H groups in total. The lowest BCUT2D eigenvalue weighted by molar-refractivity contribution is -0.0240. The van der Waals surface area contributed by atoms with Crippen molar-refractivity contribution in [1.29, 1.82) is 0 Å². The van der Waals surface area contributed by atoms with Gasteiger partial charge < -0.3 is 14.8 Å². The fraction of sp³-hybridized carbons (Fsp3) is 0.600. The summed E-state index contributed by atoms with van der Waals surface area (Å²) in [6.07, 6.45) is 3.45. The summed E-state index contributed by atoms with van der Waals surface area (Å²) in [5.41, 5.74) is 1.20. The van der Waals surface area contributed by atoms with Crippen molar-refractivity contribution in [3.63, 3.8) is 0 Å². The second-order valence-electron chi connectivity index (χ2n) is 5.51. The molecule has 1 aromatic carbocycles. The van der Waals surface area contributed by atoms with Gasteiger partial charge >= 0.3 is 0 Å². The lowest BCUT2D eigenvalue weighted by Crippen LogP contribution is -2.41. The number of hydrogen-bond donors (Lipinski definition) is 1. The van der Waals surface area contributed by atoms with Crippen LogP contribution in [0.15, 0.2) is 24.3 Å². The minimum Gasteiger partial charge on any atom is -0.372 e. The highest BCUT2D eigenvalue weighted by atomic mass is 35.5. The average Bonchev–Trinajstić information content (AvgIpc) is 2.80. The summed E-state index contributed by atoms with van der Waals surface area (Å²) in [7, 11) is 0. The zero-order valence-electron chi connectivity index (χ0n) is 11.0. The van der Waals surface area contributed by atoms with E-state index in [2.05, 4.69) is 5.32 Å². The molecule has 0 bridgehead atoms. The van der Waals surface area contributed by atoms with Gasteiger partial charge in [0.05, 0.1) is 24.9 Å². The maximum atomic E-state index is 6.02. The second-order valence-corrected chi connectivity index (χ2v) is 5.95. The van der Waals surface area contributed by atoms with Gasteiger partial charge in [-0.25, -0.2) is 0 Å². The Bertz CT molecular complexity index is 432. The van der Waals surface area contributed by atoms with Crippen molar-refractivity contribution >= 4 is 11.6 Å². The molecule has 1 unspecified atom stereocenters. The molecule has 0 aliphatic carbocycles. The van der Waals surface area contributed by atoms with Crippen LogP contribution in [0.4, 0.5) is 0 Å². The molecule has 0 saturated carbocycles. The normalized spacial score (nSPS) is 25.8. The third-order valence-electron chi connectivity index (χ3n) is 4.06. The second kappa shape index (κ2) is 5.80. The number of piperidine rings is 1. The first-order chi connectivity index (χ1) is 9.26. The van der Waals surface area contributed by atoms with Gasteiger partial charge in [0.25, 0.3) is 0 Å². The lowest BCUT2D eigenvalue weighted by Gasteiger charge is -2.32. The summed E-state index contributed by atoms with van der Waals surface area (Å²) < 4.78 is 12.0. The first kappa shape index (κ1) is 13.4. The highest BCUT2D eigenvalue weighted by Gasteiger charge is 2.41. The molecule has 1 aromatic rings.